The van der Waals surface area contributed by atoms with Gasteiger partial charge in [-0.1, -0.05) is 59.4 Å². The third kappa shape index (κ3) is 2.20. The van der Waals surface area contributed by atoms with Crippen molar-refractivity contribution in [3.05, 3.63) is 33.3 Å². The summed E-state index contributed by atoms with van der Waals surface area (Å²) in [4.78, 5) is 11.0. The monoisotopic (exact) mass is 326 g/mol. The van der Waals surface area contributed by atoms with E-state index in [4.69, 9.17) is 51.5 Å². The summed E-state index contributed by atoms with van der Waals surface area (Å²) in [6.45, 7) is 1.94. The topological polar surface area (TPSA) is 37.3 Å². The van der Waals surface area contributed by atoms with Gasteiger partial charge in [-0.15, -0.1) is 0 Å². The molecule has 0 aliphatic heterocycles. The number of carboxylic acids is 1. The van der Waals surface area contributed by atoms with Crippen LogP contribution in [-0.2, 0) is 11.2 Å². The number of carbonyl (C=O) groups is 1. The first kappa shape index (κ1) is 14.3. The molecule has 0 saturated heterocycles. The van der Waals surface area contributed by atoms with Crippen molar-refractivity contribution in [3.63, 3.8) is 0 Å². The molecule has 98 valence electrons. The van der Waals surface area contributed by atoms with E-state index in [1.807, 2.05) is 13.0 Å². The fourth-order valence-electron chi connectivity index (χ4n) is 2.15. The minimum Gasteiger partial charge on any atom is -0.481 e. The molecule has 0 aromatic heterocycles. The zero-order valence-corrected chi connectivity index (χ0v) is 12.4. The Kier molecular flexibility index (Phi) is 3.76. The summed E-state index contributed by atoms with van der Waals surface area (Å²) in [5, 5.41) is 9.93. The van der Waals surface area contributed by atoms with E-state index in [-0.39, 0.29) is 0 Å². The highest BCUT2D eigenvalue weighted by molar-refractivity contribution is 6.53. The summed E-state index contributed by atoms with van der Waals surface area (Å²) in [7, 11) is 0. The third-order valence-corrected chi connectivity index (χ3v) is 4.97. The van der Waals surface area contributed by atoms with Gasteiger partial charge in [0.05, 0.1) is 16.0 Å². The molecular weight excluding hydrogens is 318 g/mol. The maximum atomic E-state index is 11.0. The Hall–Kier alpha value is -0.150. The Morgan fingerprint density at radius 1 is 1.39 bits per heavy atom. The number of aliphatic carboxylic acids is 1. The molecule has 0 spiro atoms. The molecule has 0 bridgehead atoms. The van der Waals surface area contributed by atoms with Crippen molar-refractivity contribution in [1.82, 2.24) is 0 Å². The SMILES string of the molecule is CCc1cc(C2C(C(=O)O)C2(Cl)Cl)cc(Cl)c1Cl. The van der Waals surface area contributed by atoms with Gasteiger partial charge >= 0.3 is 5.97 Å². The van der Waals surface area contributed by atoms with Crippen LogP contribution in [0.2, 0.25) is 10.0 Å². The van der Waals surface area contributed by atoms with Crippen LogP contribution in [0.15, 0.2) is 12.1 Å². The van der Waals surface area contributed by atoms with Gasteiger partial charge < -0.3 is 5.11 Å². The minimum absolute atomic E-state index is 0.395. The van der Waals surface area contributed by atoms with Crippen LogP contribution in [0, 0.1) is 5.92 Å². The number of hydrogen-bond acceptors (Lipinski definition) is 1. The Morgan fingerprint density at radius 2 is 2.00 bits per heavy atom. The van der Waals surface area contributed by atoms with Crippen molar-refractivity contribution in [2.24, 2.45) is 5.92 Å². The molecule has 2 unspecified atom stereocenters. The number of alkyl halides is 2. The Labute approximate surface area is 125 Å². The molecule has 1 aromatic rings. The molecule has 0 heterocycles. The highest BCUT2D eigenvalue weighted by atomic mass is 35.5. The van der Waals surface area contributed by atoms with Crippen molar-refractivity contribution in [2.45, 2.75) is 23.6 Å². The lowest BCUT2D eigenvalue weighted by Gasteiger charge is -2.08. The van der Waals surface area contributed by atoms with Crippen LogP contribution in [0.4, 0.5) is 0 Å². The molecular formula is C12H10Cl4O2. The van der Waals surface area contributed by atoms with Crippen LogP contribution in [0.3, 0.4) is 0 Å². The molecule has 1 saturated carbocycles. The molecule has 0 amide bonds. The minimum atomic E-state index is -1.27. The second-order valence-corrected chi connectivity index (χ2v) is 6.53. The number of hydrogen-bond donors (Lipinski definition) is 1. The van der Waals surface area contributed by atoms with Crippen LogP contribution in [0.5, 0.6) is 0 Å². The molecule has 1 aliphatic rings. The van der Waals surface area contributed by atoms with Crippen LogP contribution in [0.25, 0.3) is 0 Å². The molecule has 1 N–H and O–H groups in total. The number of halogens is 4. The second kappa shape index (κ2) is 4.75. The van der Waals surface area contributed by atoms with Gasteiger partial charge in [-0.05, 0) is 23.6 Å². The smallest absolute Gasteiger partial charge is 0.310 e. The van der Waals surface area contributed by atoms with Gasteiger partial charge in [0.1, 0.15) is 4.33 Å². The van der Waals surface area contributed by atoms with Gasteiger partial charge in [0.25, 0.3) is 0 Å². The maximum Gasteiger partial charge on any atom is 0.310 e. The Balaban J connectivity index is 2.42. The van der Waals surface area contributed by atoms with E-state index >= 15 is 0 Å². The summed E-state index contributed by atoms with van der Waals surface area (Å²) in [5.74, 6) is -2.25. The van der Waals surface area contributed by atoms with Crippen molar-refractivity contribution in [1.29, 1.82) is 0 Å². The number of rotatable bonds is 3. The van der Waals surface area contributed by atoms with E-state index in [9.17, 15) is 4.79 Å². The zero-order valence-electron chi connectivity index (χ0n) is 9.38. The van der Waals surface area contributed by atoms with Crippen molar-refractivity contribution in [2.75, 3.05) is 0 Å². The van der Waals surface area contributed by atoms with E-state index in [0.717, 1.165) is 11.1 Å². The molecule has 1 aromatic carbocycles. The fraction of sp³-hybridized carbons (Fsp3) is 0.417. The summed E-state index contributed by atoms with van der Waals surface area (Å²) >= 11 is 24.1. The van der Waals surface area contributed by atoms with Gasteiger partial charge in [-0.2, -0.15) is 0 Å². The number of benzene rings is 1. The average Bonchev–Trinajstić information content (AvgIpc) is 2.85. The Bertz CT molecular complexity index is 513. The van der Waals surface area contributed by atoms with E-state index in [1.54, 1.807) is 6.07 Å². The van der Waals surface area contributed by atoms with E-state index in [1.165, 1.54) is 0 Å². The lowest BCUT2D eigenvalue weighted by molar-refractivity contribution is -0.138. The first-order valence-electron chi connectivity index (χ1n) is 5.39. The van der Waals surface area contributed by atoms with Gasteiger partial charge in [-0.25, -0.2) is 0 Å². The van der Waals surface area contributed by atoms with Crippen LogP contribution >= 0.6 is 46.4 Å². The molecule has 1 fully saturated rings. The first-order chi connectivity index (χ1) is 8.30. The largest absolute Gasteiger partial charge is 0.481 e. The molecule has 1 aliphatic carbocycles. The zero-order chi connectivity index (χ0) is 13.7. The van der Waals surface area contributed by atoms with E-state index < -0.39 is 22.1 Å². The van der Waals surface area contributed by atoms with Crippen LogP contribution in [-0.4, -0.2) is 15.4 Å². The predicted molar refractivity (Wildman–Crippen MR) is 74.1 cm³/mol. The lowest BCUT2D eigenvalue weighted by Crippen LogP contribution is -2.03. The standard InChI is InChI=1S/C12H10Cl4O2/c1-2-5-3-6(4-7(13)10(5)14)8-9(11(17)18)12(8,15)16/h3-4,8-9H,2H2,1H3,(H,17,18). The van der Waals surface area contributed by atoms with E-state index in [2.05, 4.69) is 0 Å². The van der Waals surface area contributed by atoms with Gasteiger partial charge in [0, 0.05) is 5.92 Å². The highest BCUT2D eigenvalue weighted by Gasteiger charge is 2.68. The Morgan fingerprint density at radius 3 is 2.44 bits per heavy atom. The molecule has 6 heteroatoms. The van der Waals surface area contributed by atoms with Crippen molar-refractivity contribution < 1.29 is 9.90 Å². The fourth-order valence-corrected chi connectivity index (χ4v) is 3.46. The van der Waals surface area contributed by atoms with Crippen LogP contribution in [0.1, 0.15) is 24.0 Å². The van der Waals surface area contributed by atoms with Gasteiger partial charge in [0.15, 0.2) is 0 Å². The van der Waals surface area contributed by atoms with Crippen molar-refractivity contribution >= 4 is 52.4 Å². The second-order valence-electron chi connectivity index (χ2n) is 4.30. The summed E-state index contributed by atoms with van der Waals surface area (Å²) < 4.78 is -1.27. The van der Waals surface area contributed by atoms with Crippen molar-refractivity contribution in [3.8, 4) is 0 Å². The lowest BCUT2D eigenvalue weighted by atomic mass is 10.0. The normalized spacial score (nSPS) is 24.9. The highest BCUT2D eigenvalue weighted by Crippen LogP contribution is 2.65. The average molecular weight is 328 g/mol. The van der Waals surface area contributed by atoms with E-state index in [0.29, 0.717) is 16.5 Å². The molecule has 0 radical (unpaired) electrons. The third-order valence-electron chi connectivity index (χ3n) is 3.19. The molecule has 2 rings (SSSR count). The number of carboxylic acid groups (broad SMARTS) is 1. The number of aryl methyl sites for hydroxylation is 1. The molecule has 2 nitrogen and oxygen atoms in total. The van der Waals surface area contributed by atoms with Crippen LogP contribution < -0.4 is 0 Å². The summed E-state index contributed by atoms with van der Waals surface area (Å²) in [5.41, 5.74) is 1.58. The summed E-state index contributed by atoms with van der Waals surface area (Å²) in [6.07, 6.45) is 0.703. The van der Waals surface area contributed by atoms with Gasteiger partial charge in [0.2, 0.25) is 0 Å². The maximum absolute atomic E-state index is 11.0. The quantitative estimate of drug-likeness (QED) is 0.828. The predicted octanol–water partition coefficient (Wildman–Crippen LogP) is 4.53. The molecule has 2 atom stereocenters. The molecule has 18 heavy (non-hydrogen) atoms. The first-order valence-corrected chi connectivity index (χ1v) is 6.90. The van der Waals surface area contributed by atoms with Gasteiger partial charge in [-0.3, -0.25) is 4.79 Å². The summed E-state index contributed by atoms with van der Waals surface area (Å²) in [6, 6.07) is 3.46.